The molecule has 3 aromatic heterocycles. The molecule has 0 saturated carbocycles. The fourth-order valence-electron chi connectivity index (χ4n) is 2.13. The average Bonchev–Trinajstić information content (AvgIpc) is 2.86. The molecule has 0 aliphatic heterocycles. The maximum atomic E-state index is 8.96. The lowest BCUT2D eigenvalue weighted by atomic mass is 10.3. The van der Waals surface area contributed by atoms with E-state index in [1.54, 1.807) is 17.5 Å². The molecule has 0 fully saturated rings. The Bertz CT molecular complexity index is 808. The Morgan fingerprint density at radius 3 is 2.87 bits per heavy atom. The molecule has 3 heterocycles. The zero-order chi connectivity index (χ0) is 16.2. The topological polar surface area (TPSA) is 83.0 Å². The summed E-state index contributed by atoms with van der Waals surface area (Å²) in [5, 5.41) is 16.3. The summed E-state index contributed by atoms with van der Waals surface area (Å²) < 4.78 is 1.01. The van der Waals surface area contributed by atoms with Crippen LogP contribution in [0.25, 0.3) is 10.2 Å². The molecular formula is C15H16BrN5OS. The van der Waals surface area contributed by atoms with Crippen LogP contribution in [0.2, 0.25) is 0 Å². The maximum absolute atomic E-state index is 8.96. The van der Waals surface area contributed by atoms with E-state index in [1.807, 2.05) is 25.1 Å². The average molecular weight is 394 g/mol. The molecule has 0 saturated heterocycles. The van der Waals surface area contributed by atoms with Gasteiger partial charge in [-0.05, 0) is 35.0 Å². The second kappa shape index (κ2) is 7.20. The van der Waals surface area contributed by atoms with Gasteiger partial charge in [0.15, 0.2) is 0 Å². The Balaban J connectivity index is 1.95. The third kappa shape index (κ3) is 3.60. The first-order valence-electron chi connectivity index (χ1n) is 7.14. The van der Waals surface area contributed by atoms with Gasteiger partial charge in [0.25, 0.3) is 0 Å². The third-order valence-electron chi connectivity index (χ3n) is 3.21. The summed E-state index contributed by atoms with van der Waals surface area (Å²) in [5.74, 6) is 1.25. The van der Waals surface area contributed by atoms with Crippen LogP contribution in [0, 0.1) is 6.92 Å². The van der Waals surface area contributed by atoms with E-state index < -0.39 is 0 Å². The van der Waals surface area contributed by atoms with Crippen molar-refractivity contribution in [1.29, 1.82) is 0 Å². The fraction of sp³-hybridized carbons (Fsp3) is 0.267. The number of hydrogen-bond acceptors (Lipinski definition) is 7. The Morgan fingerprint density at radius 1 is 1.26 bits per heavy atom. The number of aryl methyl sites for hydroxylation is 1. The number of aliphatic hydroxyl groups excluding tert-OH is 1. The van der Waals surface area contributed by atoms with Crippen LogP contribution in [0.3, 0.4) is 0 Å². The molecule has 0 bridgehead atoms. The molecule has 120 valence electrons. The van der Waals surface area contributed by atoms with Crippen molar-refractivity contribution in [3.8, 4) is 0 Å². The van der Waals surface area contributed by atoms with Gasteiger partial charge in [0, 0.05) is 22.1 Å². The van der Waals surface area contributed by atoms with E-state index in [-0.39, 0.29) is 6.61 Å². The van der Waals surface area contributed by atoms with Crippen LogP contribution in [-0.4, -0.2) is 33.2 Å². The van der Waals surface area contributed by atoms with Gasteiger partial charge in [-0.3, -0.25) is 4.98 Å². The van der Waals surface area contributed by atoms with Gasteiger partial charge in [-0.1, -0.05) is 6.07 Å². The minimum Gasteiger partial charge on any atom is -0.395 e. The number of halogens is 1. The van der Waals surface area contributed by atoms with Crippen molar-refractivity contribution in [2.24, 2.45) is 0 Å². The number of fused-ring (bicyclic) bond motifs is 1. The van der Waals surface area contributed by atoms with Crippen molar-refractivity contribution in [3.63, 3.8) is 0 Å². The summed E-state index contributed by atoms with van der Waals surface area (Å²) in [6, 6.07) is 5.81. The maximum Gasteiger partial charge on any atom is 0.226 e. The molecule has 6 nitrogen and oxygen atoms in total. The van der Waals surface area contributed by atoms with Gasteiger partial charge in [0.1, 0.15) is 10.6 Å². The second-order valence-electron chi connectivity index (χ2n) is 4.87. The molecule has 0 aliphatic rings. The number of aromatic nitrogens is 3. The van der Waals surface area contributed by atoms with E-state index in [0.717, 1.165) is 31.1 Å². The molecule has 0 spiro atoms. The second-order valence-corrected chi connectivity index (χ2v) is 6.87. The van der Waals surface area contributed by atoms with E-state index >= 15 is 0 Å². The van der Waals surface area contributed by atoms with E-state index in [1.165, 1.54) is 0 Å². The predicted molar refractivity (Wildman–Crippen MR) is 97.0 cm³/mol. The Hall–Kier alpha value is -1.77. The van der Waals surface area contributed by atoms with Gasteiger partial charge in [-0.15, -0.1) is 11.3 Å². The van der Waals surface area contributed by atoms with Gasteiger partial charge in [0.2, 0.25) is 5.95 Å². The zero-order valence-electron chi connectivity index (χ0n) is 12.5. The molecule has 3 aromatic rings. The lowest BCUT2D eigenvalue weighted by molar-refractivity contribution is 0.311. The molecule has 3 N–H and O–H groups in total. The molecule has 0 aromatic carbocycles. The highest BCUT2D eigenvalue weighted by atomic mass is 79.9. The monoisotopic (exact) mass is 393 g/mol. The number of rotatable bonds is 6. The predicted octanol–water partition coefficient (Wildman–Crippen LogP) is 3.17. The zero-order valence-corrected chi connectivity index (χ0v) is 14.9. The number of pyridine rings is 1. The normalized spacial score (nSPS) is 10.9. The van der Waals surface area contributed by atoms with Gasteiger partial charge < -0.3 is 15.7 Å². The summed E-state index contributed by atoms with van der Waals surface area (Å²) >= 11 is 5.23. The van der Waals surface area contributed by atoms with Crippen LogP contribution in [0.5, 0.6) is 0 Å². The molecule has 3 rings (SSSR count). The van der Waals surface area contributed by atoms with Crippen LogP contribution in [-0.2, 0) is 6.54 Å². The Kier molecular flexibility index (Phi) is 5.04. The smallest absolute Gasteiger partial charge is 0.226 e. The number of aliphatic hydroxyl groups is 1. The van der Waals surface area contributed by atoms with E-state index in [2.05, 4.69) is 41.5 Å². The highest BCUT2D eigenvalue weighted by Gasteiger charge is 2.15. The quantitative estimate of drug-likeness (QED) is 0.596. The molecule has 0 amide bonds. The summed E-state index contributed by atoms with van der Waals surface area (Å²) in [6.45, 7) is 3.06. The first-order chi connectivity index (χ1) is 11.2. The van der Waals surface area contributed by atoms with E-state index in [4.69, 9.17) is 5.11 Å². The minimum atomic E-state index is 0.0330. The van der Waals surface area contributed by atoms with Crippen molar-refractivity contribution in [1.82, 2.24) is 15.0 Å². The summed E-state index contributed by atoms with van der Waals surface area (Å²) in [7, 11) is 0. The SMILES string of the molecule is Cc1sc2nc(NCCO)nc(NCc3ccccn3)c2c1Br. The number of hydrogen-bond donors (Lipinski definition) is 3. The van der Waals surface area contributed by atoms with Crippen molar-refractivity contribution < 1.29 is 5.11 Å². The van der Waals surface area contributed by atoms with E-state index in [0.29, 0.717) is 19.0 Å². The van der Waals surface area contributed by atoms with Crippen molar-refractivity contribution in [2.45, 2.75) is 13.5 Å². The van der Waals surface area contributed by atoms with Crippen molar-refractivity contribution >= 4 is 49.2 Å². The number of thiophene rings is 1. The molecule has 23 heavy (non-hydrogen) atoms. The highest BCUT2D eigenvalue weighted by Crippen LogP contribution is 2.38. The van der Waals surface area contributed by atoms with Gasteiger partial charge in [-0.25, -0.2) is 4.98 Å². The molecule has 8 heteroatoms. The standard InChI is InChI=1S/C15H16BrN5OS/c1-9-12(16)11-13(19-8-10-4-2-3-5-17-10)20-15(18-6-7-22)21-14(11)23-9/h2-5,22H,6-8H2,1H3,(H2,18,19,20,21). The fourth-order valence-corrected chi connectivity index (χ4v) is 3.79. The summed E-state index contributed by atoms with van der Waals surface area (Å²) in [6.07, 6.45) is 1.77. The number of nitrogens with one attached hydrogen (secondary N) is 2. The Labute approximate surface area is 146 Å². The highest BCUT2D eigenvalue weighted by molar-refractivity contribution is 9.10. The lowest BCUT2D eigenvalue weighted by Gasteiger charge is -2.10. The molecule has 0 atom stereocenters. The van der Waals surface area contributed by atoms with Crippen molar-refractivity contribution in [2.75, 3.05) is 23.8 Å². The first kappa shape index (κ1) is 16.1. The molecule has 0 unspecified atom stereocenters. The largest absolute Gasteiger partial charge is 0.395 e. The Morgan fingerprint density at radius 2 is 2.13 bits per heavy atom. The summed E-state index contributed by atoms with van der Waals surface area (Å²) in [5.41, 5.74) is 0.937. The van der Waals surface area contributed by atoms with Gasteiger partial charge in [-0.2, -0.15) is 4.98 Å². The summed E-state index contributed by atoms with van der Waals surface area (Å²) in [4.78, 5) is 15.4. The van der Waals surface area contributed by atoms with Crippen LogP contribution < -0.4 is 10.6 Å². The van der Waals surface area contributed by atoms with Crippen LogP contribution in [0.15, 0.2) is 28.9 Å². The van der Waals surface area contributed by atoms with Gasteiger partial charge in [0.05, 0.1) is 24.2 Å². The van der Waals surface area contributed by atoms with Gasteiger partial charge >= 0.3 is 0 Å². The third-order valence-corrected chi connectivity index (χ3v) is 5.46. The molecule has 0 radical (unpaired) electrons. The number of nitrogens with zero attached hydrogens (tertiary/aromatic N) is 3. The van der Waals surface area contributed by atoms with Crippen LogP contribution >= 0.6 is 27.3 Å². The lowest BCUT2D eigenvalue weighted by Crippen LogP contribution is -2.10. The number of anilines is 2. The van der Waals surface area contributed by atoms with Crippen LogP contribution in [0.1, 0.15) is 10.6 Å². The molecular weight excluding hydrogens is 378 g/mol. The van der Waals surface area contributed by atoms with Crippen molar-refractivity contribution in [3.05, 3.63) is 39.4 Å². The van der Waals surface area contributed by atoms with E-state index in [9.17, 15) is 0 Å². The first-order valence-corrected chi connectivity index (χ1v) is 8.75. The minimum absolute atomic E-state index is 0.0330. The molecule has 0 aliphatic carbocycles. The van der Waals surface area contributed by atoms with Crippen LogP contribution in [0.4, 0.5) is 11.8 Å².